The molecule has 0 unspecified atom stereocenters. The van der Waals surface area contributed by atoms with E-state index in [0.29, 0.717) is 13.0 Å². The zero-order valence-corrected chi connectivity index (χ0v) is 5.94. The number of nitrogens with two attached hydrogens (primary N) is 1. The summed E-state index contributed by atoms with van der Waals surface area (Å²) in [6.45, 7) is 2.35. The van der Waals surface area contributed by atoms with Crippen molar-refractivity contribution in [1.29, 1.82) is 0 Å². The van der Waals surface area contributed by atoms with Crippen molar-refractivity contribution < 1.29 is 4.79 Å². The molecule has 0 spiro atoms. The van der Waals surface area contributed by atoms with Crippen molar-refractivity contribution >= 4 is 23.7 Å². The first-order chi connectivity index (χ1) is 4.20. The summed E-state index contributed by atoms with van der Waals surface area (Å²) in [7, 11) is 0. The van der Waals surface area contributed by atoms with E-state index in [0.717, 1.165) is 0 Å². The lowest BCUT2D eigenvalue weighted by Gasteiger charge is -2.14. The molecule has 3 N–H and O–H groups in total. The first-order valence-electron chi connectivity index (χ1n) is 2.48. The van der Waals surface area contributed by atoms with Gasteiger partial charge < -0.3 is 5.73 Å². The van der Waals surface area contributed by atoms with Crippen LogP contribution in [0.4, 0.5) is 0 Å². The van der Waals surface area contributed by atoms with Crippen molar-refractivity contribution in [1.82, 2.24) is 10.4 Å². The van der Waals surface area contributed by atoms with E-state index in [-0.39, 0.29) is 5.11 Å². The molecular formula is C4H9N3OS. The predicted octanol–water partition coefficient (Wildman–Crippen LogP) is -0.787. The first kappa shape index (κ1) is 8.16. The van der Waals surface area contributed by atoms with Crippen molar-refractivity contribution in [2.45, 2.75) is 6.92 Å². The Balaban J connectivity index is 3.55. The van der Waals surface area contributed by atoms with Crippen molar-refractivity contribution in [2.24, 2.45) is 5.73 Å². The summed E-state index contributed by atoms with van der Waals surface area (Å²) in [5, 5.41) is 1.35. The Morgan fingerprint density at radius 2 is 2.56 bits per heavy atom. The highest BCUT2D eigenvalue weighted by atomic mass is 32.1. The topological polar surface area (TPSA) is 58.4 Å². The molecule has 52 valence electrons. The summed E-state index contributed by atoms with van der Waals surface area (Å²) in [5.74, 6) is 0. The standard InChI is InChI=1S/C4H9N3OS/c1-2-7(3-8)6-4(5)9/h3H,2H2,1H3,(H3,5,6,9). The second-order valence-corrected chi connectivity index (χ2v) is 1.81. The molecule has 0 saturated heterocycles. The van der Waals surface area contributed by atoms with Gasteiger partial charge in [-0.3, -0.25) is 15.2 Å². The minimum Gasteiger partial charge on any atom is -0.375 e. The van der Waals surface area contributed by atoms with Crippen molar-refractivity contribution in [3.8, 4) is 0 Å². The molecule has 0 aromatic carbocycles. The lowest BCUT2D eigenvalue weighted by molar-refractivity contribution is -0.119. The second kappa shape index (κ2) is 4.08. The normalized spacial score (nSPS) is 8.11. The Morgan fingerprint density at radius 1 is 2.00 bits per heavy atom. The van der Waals surface area contributed by atoms with Gasteiger partial charge >= 0.3 is 0 Å². The van der Waals surface area contributed by atoms with Crippen molar-refractivity contribution in [3.63, 3.8) is 0 Å². The number of hydrogen-bond acceptors (Lipinski definition) is 2. The third-order valence-corrected chi connectivity index (χ3v) is 0.813. The van der Waals surface area contributed by atoms with Crippen LogP contribution in [0.5, 0.6) is 0 Å². The Hall–Kier alpha value is -0.840. The van der Waals surface area contributed by atoms with Gasteiger partial charge in [0.1, 0.15) is 0 Å². The van der Waals surface area contributed by atoms with Gasteiger partial charge in [0.2, 0.25) is 6.41 Å². The molecule has 0 rings (SSSR count). The molecule has 0 aliphatic rings. The number of nitrogens with one attached hydrogen (secondary N) is 1. The van der Waals surface area contributed by atoms with Gasteiger partial charge in [-0.15, -0.1) is 0 Å². The molecule has 0 saturated carbocycles. The molecule has 0 heterocycles. The van der Waals surface area contributed by atoms with Crippen LogP contribution in [0.3, 0.4) is 0 Å². The first-order valence-corrected chi connectivity index (χ1v) is 2.89. The maximum Gasteiger partial charge on any atom is 0.228 e. The molecule has 5 heteroatoms. The van der Waals surface area contributed by atoms with E-state index in [4.69, 9.17) is 5.73 Å². The molecule has 0 bridgehead atoms. The Bertz CT molecular complexity index is 116. The largest absolute Gasteiger partial charge is 0.375 e. The number of carbonyl (C=O) groups excluding carboxylic acids is 1. The molecule has 9 heavy (non-hydrogen) atoms. The third-order valence-electron chi connectivity index (χ3n) is 0.722. The lowest BCUT2D eigenvalue weighted by Crippen LogP contribution is -2.43. The monoisotopic (exact) mass is 147 g/mol. The third kappa shape index (κ3) is 3.72. The summed E-state index contributed by atoms with van der Waals surface area (Å²) in [4.78, 5) is 10.0. The maximum absolute atomic E-state index is 10.0. The predicted molar refractivity (Wildman–Crippen MR) is 38.4 cm³/mol. The van der Waals surface area contributed by atoms with E-state index in [1.807, 2.05) is 0 Å². The van der Waals surface area contributed by atoms with E-state index in [2.05, 4.69) is 17.6 Å². The summed E-state index contributed by atoms with van der Waals surface area (Å²) in [6.07, 6.45) is 0.624. The van der Waals surface area contributed by atoms with Crippen LogP contribution in [0.15, 0.2) is 0 Å². The van der Waals surface area contributed by atoms with E-state index in [1.54, 1.807) is 6.92 Å². The Kier molecular flexibility index (Phi) is 3.70. The summed E-state index contributed by atoms with van der Waals surface area (Å²) < 4.78 is 0. The minimum atomic E-state index is 0.101. The highest BCUT2D eigenvalue weighted by Crippen LogP contribution is 1.71. The van der Waals surface area contributed by atoms with Crippen molar-refractivity contribution in [3.05, 3.63) is 0 Å². The molecule has 0 aliphatic carbocycles. The van der Waals surface area contributed by atoms with Gasteiger partial charge in [0, 0.05) is 6.54 Å². The molecule has 0 radical (unpaired) electrons. The highest BCUT2D eigenvalue weighted by molar-refractivity contribution is 7.80. The van der Waals surface area contributed by atoms with Crippen LogP contribution in [-0.2, 0) is 4.79 Å². The highest BCUT2D eigenvalue weighted by Gasteiger charge is 1.94. The minimum absolute atomic E-state index is 0.101. The van der Waals surface area contributed by atoms with Crippen LogP contribution in [0.25, 0.3) is 0 Å². The zero-order valence-electron chi connectivity index (χ0n) is 5.13. The van der Waals surface area contributed by atoms with Gasteiger partial charge in [0.25, 0.3) is 0 Å². The van der Waals surface area contributed by atoms with Crippen LogP contribution < -0.4 is 11.2 Å². The van der Waals surface area contributed by atoms with E-state index in [1.165, 1.54) is 5.01 Å². The summed E-state index contributed by atoms with van der Waals surface area (Å²) in [6, 6.07) is 0. The van der Waals surface area contributed by atoms with Crippen molar-refractivity contribution in [2.75, 3.05) is 6.54 Å². The van der Waals surface area contributed by atoms with Gasteiger partial charge in [-0.1, -0.05) is 0 Å². The number of nitrogens with zero attached hydrogens (tertiary/aromatic N) is 1. The molecule has 0 fully saturated rings. The van der Waals surface area contributed by atoms with Crippen LogP contribution in [0.1, 0.15) is 6.92 Å². The van der Waals surface area contributed by atoms with Crippen LogP contribution in [0.2, 0.25) is 0 Å². The second-order valence-electron chi connectivity index (χ2n) is 1.37. The maximum atomic E-state index is 10.0. The SMILES string of the molecule is CCN(C=O)NC(N)=S. The number of rotatable bonds is 3. The van der Waals surface area contributed by atoms with Gasteiger partial charge in [-0.2, -0.15) is 0 Å². The molecule has 0 atom stereocenters. The molecule has 1 amide bonds. The van der Waals surface area contributed by atoms with Gasteiger partial charge in [-0.05, 0) is 19.1 Å². The lowest BCUT2D eigenvalue weighted by atomic mass is 10.7. The number of carbonyl (C=O) groups is 1. The fraction of sp³-hybridized carbons (Fsp3) is 0.500. The van der Waals surface area contributed by atoms with E-state index >= 15 is 0 Å². The van der Waals surface area contributed by atoms with Crippen LogP contribution in [-0.4, -0.2) is 23.1 Å². The number of thiocarbonyl (C=S) groups is 1. The van der Waals surface area contributed by atoms with Crippen LogP contribution >= 0.6 is 12.2 Å². The van der Waals surface area contributed by atoms with E-state index in [9.17, 15) is 4.79 Å². The number of hydrogen-bond donors (Lipinski definition) is 2. The average Bonchev–Trinajstić information content (AvgIpc) is 1.82. The molecular weight excluding hydrogens is 138 g/mol. The number of amides is 1. The zero-order chi connectivity index (χ0) is 7.28. The summed E-state index contributed by atoms with van der Waals surface area (Å²) in [5.41, 5.74) is 7.52. The fourth-order valence-electron chi connectivity index (χ4n) is 0.321. The van der Waals surface area contributed by atoms with Gasteiger partial charge in [-0.25, -0.2) is 0 Å². The summed E-state index contributed by atoms with van der Waals surface area (Å²) >= 11 is 4.47. The van der Waals surface area contributed by atoms with Crippen LogP contribution in [0, 0.1) is 0 Å². The molecule has 0 aliphatic heterocycles. The Labute approximate surface area is 59.0 Å². The fourth-order valence-corrected chi connectivity index (χ4v) is 0.439. The van der Waals surface area contributed by atoms with Gasteiger partial charge in [0.05, 0.1) is 0 Å². The van der Waals surface area contributed by atoms with E-state index < -0.39 is 0 Å². The van der Waals surface area contributed by atoms with Gasteiger partial charge in [0.15, 0.2) is 5.11 Å². The smallest absolute Gasteiger partial charge is 0.228 e. The molecule has 0 aromatic heterocycles. The average molecular weight is 147 g/mol. The quantitative estimate of drug-likeness (QED) is 0.312. The molecule has 4 nitrogen and oxygen atoms in total. The molecule has 0 aromatic rings. The Morgan fingerprint density at radius 3 is 2.67 bits per heavy atom. The number of hydrazine groups is 1.